The molecule has 0 atom stereocenters. The molecular formula is C46H61N9. The number of benzene rings is 2. The molecule has 5 N–H and O–H groups in total. The fourth-order valence-electron chi connectivity index (χ4n) is 8.34. The highest BCUT2D eigenvalue weighted by Gasteiger charge is 2.19. The van der Waals surface area contributed by atoms with Crippen LogP contribution in [-0.4, -0.2) is 50.7 Å². The van der Waals surface area contributed by atoms with Crippen LogP contribution >= 0.6 is 0 Å². The lowest BCUT2D eigenvalue weighted by molar-refractivity contribution is 0.670. The Balaban J connectivity index is 0.000000184. The zero-order valence-electron chi connectivity index (χ0n) is 33.7. The number of rotatable bonds is 14. The molecule has 8 rings (SSSR count). The minimum Gasteiger partial charge on any atom is -0.384 e. The molecule has 0 fully saturated rings. The van der Waals surface area contributed by atoms with E-state index in [9.17, 15) is 0 Å². The average molecular weight is 740 g/mol. The van der Waals surface area contributed by atoms with Gasteiger partial charge in [0.2, 0.25) is 0 Å². The number of hydrogen-bond acceptors (Lipinski definition) is 8. The van der Waals surface area contributed by atoms with Gasteiger partial charge in [-0.2, -0.15) is 9.61 Å². The number of nitrogens with one attached hydrogen (secondary N) is 3. The molecule has 0 saturated carbocycles. The molecule has 2 aromatic carbocycles. The number of aryl methyl sites for hydroxylation is 6. The summed E-state index contributed by atoms with van der Waals surface area (Å²) in [6.07, 6.45) is 16.6. The summed E-state index contributed by atoms with van der Waals surface area (Å²) < 4.78 is 1.91. The molecule has 0 bridgehead atoms. The van der Waals surface area contributed by atoms with E-state index in [0.29, 0.717) is 0 Å². The maximum Gasteiger partial charge on any atom is 0.157 e. The molecule has 0 saturated heterocycles. The summed E-state index contributed by atoms with van der Waals surface area (Å²) in [6.45, 7) is 12.1. The van der Waals surface area contributed by atoms with E-state index in [4.69, 9.17) is 15.7 Å². The Morgan fingerprint density at radius 2 is 1.09 bits per heavy atom. The molecule has 0 aliphatic heterocycles. The van der Waals surface area contributed by atoms with Gasteiger partial charge in [-0.3, -0.25) is 9.97 Å². The van der Waals surface area contributed by atoms with Crippen molar-refractivity contribution in [3.05, 3.63) is 93.6 Å². The van der Waals surface area contributed by atoms with Gasteiger partial charge in [0.25, 0.3) is 0 Å². The Bertz CT molecular complexity index is 2240. The van der Waals surface area contributed by atoms with Crippen molar-refractivity contribution in [2.24, 2.45) is 5.73 Å². The Hall–Kier alpha value is -4.76. The van der Waals surface area contributed by atoms with E-state index < -0.39 is 0 Å². The Morgan fingerprint density at radius 1 is 0.564 bits per heavy atom. The predicted molar refractivity (Wildman–Crippen MR) is 231 cm³/mol. The van der Waals surface area contributed by atoms with E-state index >= 15 is 0 Å². The van der Waals surface area contributed by atoms with Gasteiger partial charge in [0.15, 0.2) is 5.65 Å². The van der Waals surface area contributed by atoms with Crippen molar-refractivity contribution in [3.63, 3.8) is 0 Å². The molecule has 0 unspecified atom stereocenters. The lowest BCUT2D eigenvalue weighted by Gasteiger charge is -2.22. The van der Waals surface area contributed by atoms with Crippen LogP contribution < -0.4 is 21.7 Å². The summed E-state index contributed by atoms with van der Waals surface area (Å²) in [5.41, 5.74) is 21.5. The number of hydrogen-bond donors (Lipinski definition) is 4. The van der Waals surface area contributed by atoms with Crippen molar-refractivity contribution in [1.29, 1.82) is 0 Å². The number of pyridine rings is 2. The lowest BCUT2D eigenvalue weighted by Crippen LogP contribution is -2.13. The summed E-state index contributed by atoms with van der Waals surface area (Å²) >= 11 is 0. The standard InChI is InChI=1S/C27H34N6.C19H27N3/c1-18-11-12-24-22(15-18)27(21-9-5-6-10-23(21)31-24)29-14-8-4-7-13-28-25-16-19(2)30-26-17-20(3)32-33(25)26;1-14-9-10-18-16(13-14)19(21-12-6-2-5-11-20)15-7-3-4-8-17(15)22-18/h11-12,15-17,28H,4-10,13-14H2,1-3H3,(H,29,31);9-10,13H,2-8,11-12,20H2,1H3,(H,21,22). The molecule has 9 heteroatoms. The van der Waals surface area contributed by atoms with E-state index in [1.807, 2.05) is 24.4 Å². The van der Waals surface area contributed by atoms with Crippen LogP contribution in [-0.2, 0) is 25.7 Å². The molecule has 290 valence electrons. The molecule has 55 heavy (non-hydrogen) atoms. The lowest BCUT2D eigenvalue weighted by atomic mass is 9.92. The van der Waals surface area contributed by atoms with E-state index in [-0.39, 0.29) is 0 Å². The monoisotopic (exact) mass is 740 g/mol. The molecule has 0 radical (unpaired) electrons. The van der Waals surface area contributed by atoms with Gasteiger partial charge in [0, 0.05) is 71.0 Å². The first-order chi connectivity index (χ1) is 26.9. The minimum atomic E-state index is 0.798. The summed E-state index contributed by atoms with van der Waals surface area (Å²) in [6, 6.07) is 17.3. The zero-order chi connectivity index (χ0) is 38.1. The number of nitrogens with zero attached hydrogens (tertiary/aromatic N) is 5. The highest BCUT2D eigenvalue weighted by molar-refractivity contribution is 5.95. The largest absolute Gasteiger partial charge is 0.384 e. The maximum absolute atomic E-state index is 5.58. The van der Waals surface area contributed by atoms with Gasteiger partial charge < -0.3 is 21.7 Å². The minimum absolute atomic E-state index is 0.798. The molecule has 0 spiro atoms. The molecule has 4 aromatic heterocycles. The van der Waals surface area contributed by atoms with Crippen molar-refractivity contribution >= 4 is 44.6 Å². The first-order valence-corrected chi connectivity index (χ1v) is 21.0. The number of fused-ring (bicyclic) bond motifs is 5. The highest BCUT2D eigenvalue weighted by Crippen LogP contribution is 2.35. The number of nitrogens with two attached hydrogens (primary N) is 1. The quantitative estimate of drug-likeness (QED) is 0.0816. The van der Waals surface area contributed by atoms with Gasteiger partial charge >= 0.3 is 0 Å². The first kappa shape index (κ1) is 38.5. The average Bonchev–Trinajstić information content (AvgIpc) is 3.57. The number of anilines is 3. The second-order valence-corrected chi connectivity index (χ2v) is 15.8. The van der Waals surface area contributed by atoms with Crippen LogP contribution in [0.5, 0.6) is 0 Å². The van der Waals surface area contributed by atoms with E-state index in [1.54, 1.807) is 0 Å². The molecule has 2 aliphatic carbocycles. The molecule has 2 aliphatic rings. The molecule has 6 aromatic rings. The van der Waals surface area contributed by atoms with Crippen LogP contribution in [0.2, 0.25) is 0 Å². The van der Waals surface area contributed by atoms with Crippen LogP contribution in [0.25, 0.3) is 27.5 Å². The van der Waals surface area contributed by atoms with Crippen LogP contribution in [0.3, 0.4) is 0 Å². The Kier molecular flexibility index (Phi) is 12.8. The van der Waals surface area contributed by atoms with E-state index in [2.05, 4.69) is 82.3 Å². The van der Waals surface area contributed by atoms with Crippen molar-refractivity contribution in [3.8, 4) is 0 Å². The van der Waals surface area contributed by atoms with E-state index in [0.717, 1.165) is 105 Å². The Labute approximate surface area is 327 Å². The number of unbranched alkanes of at least 4 members (excludes halogenated alkanes) is 4. The van der Waals surface area contributed by atoms with Gasteiger partial charge in [-0.25, -0.2) is 4.98 Å². The Morgan fingerprint density at radius 3 is 1.65 bits per heavy atom. The summed E-state index contributed by atoms with van der Waals surface area (Å²) in [5.74, 6) is 1.02. The molecule has 0 amide bonds. The summed E-state index contributed by atoms with van der Waals surface area (Å²) in [5, 5.41) is 18.2. The molecular weight excluding hydrogens is 679 g/mol. The third-order valence-electron chi connectivity index (χ3n) is 11.2. The summed E-state index contributed by atoms with van der Waals surface area (Å²) in [4.78, 5) is 14.5. The second-order valence-electron chi connectivity index (χ2n) is 15.8. The molecule has 4 heterocycles. The van der Waals surface area contributed by atoms with E-state index in [1.165, 1.54) is 101 Å². The predicted octanol–water partition coefficient (Wildman–Crippen LogP) is 9.74. The van der Waals surface area contributed by atoms with Gasteiger partial charge in [-0.05, 0) is 153 Å². The highest BCUT2D eigenvalue weighted by atomic mass is 15.3. The topological polar surface area (TPSA) is 118 Å². The fraction of sp³-hybridized carbons (Fsp3) is 0.478. The zero-order valence-corrected chi connectivity index (χ0v) is 33.7. The molecule has 9 nitrogen and oxygen atoms in total. The van der Waals surface area contributed by atoms with Gasteiger partial charge in [0.05, 0.1) is 16.7 Å². The van der Waals surface area contributed by atoms with Gasteiger partial charge in [0.1, 0.15) is 5.82 Å². The van der Waals surface area contributed by atoms with Crippen LogP contribution in [0.1, 0.15) is 109 Å². The van der Waals surface area contributed by atoms with Crippen LogP contribution in [0, 0.1) is 27.7 Å². The smallest absolute Gasteiger partial charge is 0.157 e. The van der Waals surface area contributed by atoms with Gasteiger partial charge in [-0.15, -0.1) is 0 Å². The third kappa shape index (κ3) is 9.38. The second kappa shape index (κ2) is 18.2. The SMILES string of the molecule is Cc1ccc2nc3c(c(NCCCCCN)c2c1)CCCC3.Cc1ccc2nc3c(c(NCCCCCNc4cc(C)nc5cc(C)nn45)c2c1)CCCC3. The van der Waals surface area contributed by atoms with Crippen molar-refractivity contribution in [1.82, 2.24) is 24.6 Å². The third-order valence-corrected chi connectivity index (χ3v) is 11.2. The van der Waals surface area contributed by atoms with Crippen LogP contribution in [0.4, 0.5) is 17.2 Å². The number of aromatic nitrogens is 5. The normalized spacial score (nSPS) is 13.7. The van der Waals surface area contributed by atoms with Crippen molar-refractivity contribution in [2.75, 3.05) is 42.1 Å². The first-order valence-electron chi connectivity index (χ1n) is 21.0. The van der Waals surface area contributed by atoms with Crippen molar-refractivity contribution in [2.45, 2.75) is 118 Å². The van der Waals surface area contributed by atoms with Crippen LogP contribution in [0.15, 0.2) is 48.5 Å². The van der Waals surface area contributed by atoms with Crippen molar-refractivity contribution < 1.29 is 0 Å². The maximum atomic E-state index is 5.58. The summed E-state index contributed by atoms with van der Waals surface area (Å²) in [7, 11) is 0. The fourth-order valence-corrected chi connectivity index (χ4v) is 8.34. The van der Waals surface area contributed by atoms with Gasteiger partial charge in [-0.1, -0.05) is 29.7 Å².